The summed E-state index contributed by atoms with van der Waals surface area (Å²) in [7, 11) is -3.49. The van der Waals surface area contributed by atoms with Gasteiger partial charge < -0.3 is 0 Å². The highest BCUT2D eigenvalue weighted by molar-refractivity contribution is 7.90. The highest BCUT2D eigenvalue weighted by Crippen LogP contribution is 2.32. The van der Waals surface area contributed by atoms with Crippen LogP contribution in [-0.2, 0) is 9.84 Å². The molecule has 25 heavy (non-hydrogen) atoms. The number of thiazole rings is 1. The Labute approximate surface area is 150 Å². The summed E-state index contributed by atoms with van der Waals surface area (Å²) in [5.74, 6) is -0.161. The molecular weight excluding hydrogens is 356 g/mol. The fourth-order valence-electron chi connectivity index (χ4n) is 2.63. The predicted molar refractivity (Wildman–Crippen MR) is 101 cm³/mol. The molecule has 0 saturated carbocycles. The van der Waals surface area contributed by atoms with Crippen molar-refractivity contribution in [2.24, 2.45) is 0 Å². The van der Waals surface area contributed by atoms with E-state index in [0.29, 0.717) is 11.0 Å². The summed E-state index contributed by atoms with van der Waals surface area (Å²) < 4.78 is 24.7. The van der Waals surface area contributed by atoms with Crippen LogP contribution in [0.1, 0.15) is 35.7 Å². The lowest BCUT2D eigenvalue weighted by Gasteiger charge is -2.07. The van der Waals surface area contributed by atoms with Gasteiger partial charge in [-0.25, -0.2) is 13.4 Å². The lowest BCUT2D eigenvalue weighted by Crippen LogP contribution is -2.15. The average molecular weight is 374 g/mol. The van der Waals surface area contributed by atoms with Crippen molar-refractivity contribution in [1.82, 2.24) is 4.98 Å². The fraction of sp³-hybridized carbons (Fsp3) is 0.222. The molecule has 0 atom stereocenters. The predicted octanol–water partition coefficient (Wildman–Crippen LogP) is 4.08. The molecule has 1 aromatic heterocycles. The molecule has 3 aromatic rings. The molecule has 0 radical (unpaired) electrons. The minimum atomic E-state index is -3.49. The SMILES string of the molecule is CC(C)c1cccc2sc(NC(=O)c3ccccc3S(C)(=O)=O)nc12. The van der Waals surface area contributed by atoms with Gasteiger partial charge in [-0.3, -0.25) is 10.1 Å². The molecule has 5 nitrogen and oxygen atoms in total. The van der Waals surface area contributed by atoms with Crippen molar-refractivity contribution in [3.8, 4) is 0 Å². The number of nitrogens with zero attached hydrogens (tertiary/aromatic N) is 1. The van der Waals surface area contributed by atoms with E-state index in [-0.39, 0.29) is 10.5 Å². The Bertz CT molecular complexity index is 1050. The summed E-state index contributed by atoms with van der Waals surface area (Å²) in [6.45, 7) is 4.18. The van der Waals surface area contributed by atoms with Gasteiger partial charge in [-0.15, -0.1) is 0 Å². The molecule has 0 unspecified atom stereocenters. The van der Waals surface area contributed by atoms with Gasteiger partial charge in [0, 0.05) is 6.26 Å². The van der Waals surface area contributed by atoms with Gasteiger partial charge in [0.15, 0.2) is 15.0 Å². The maximum Gasteiger partial charge on any atom is 0.258 e. The van der Waals surface area contributed by atoms with Crippen LogP contribution in [-0.4, -0.2) is 25.6 Å². The van der Waals surface area contributed by atoms with E-state index in [0.717, 1.165) is 22.0 Å². The second-order valence-electron chi connectivity index (χ2n) is 6.09. The molecule has 1 N–H and O–H groups in total. The Kier molecular flexibility index (Phi) is 4.62. The van der Waals surface area contributed by atoms with E-state index in [1.54, 1.807) is 12.1 Å². The van der Waals surface area contributed by atoms with Crippen molar-refractivity contribution < 1.29 is 13.2 Å². The van der Waals surface area contributed by atoms with Gasteiger partial charge in [-0.2, -0.15) is 0 Å². The Hall–Kier alpha value is -2.25. The minimum Gasteiger partial charge on any atom is -0.298 e. The first-order valence-corrected chi connectivity index (χ1v) is 10.5. The molecule has 3 rings (SSSR count). The van der Waals surface area contributed by atoms with Gasteiger partial charge in [0.1, 0.15) is 0 Å². The first-order chi connectivity index (χ1) is 11.8. The molecule has 0 fully saturated rings. The first-order valence-electron chi connectivity index (χ1n) is 7.77. The second-order valence-corrected chi connectivity index (χ2v) is 9.10. The summed E-state index contributed by atoms with van der Waals surface area (Å²) in [6, 6.07) is 12.1. The van der Waals surface area contributed by atoms with Gasteiger partial charge in [0.25, 0.3) is 5.91 Å². The first kappa shape index (κ1) is 17.6. The molecule has 1 heterocycles. The third-order valence-corrected chi connectivity index (χ3v) is 5.91. The van der Waals surface area contributed by atoms with E-state index in [9.17, 15) is 13.2 Å². The van der Waals surface area contributed by atoms with E-state index < -0.39 is 15.7 Å². The smallest absolute Gasteiger partial charge is 0.258 e. The third-order valence-electron chi connectivity index (χ3n) is 3.82. The van der Waals surface area contributed by atoms with E-state index in [1.165, 1.54) is 23.5 Å². The van der Waals surface area contributed by atoms with E-state index >= 15 is 0 Å². The Morgan fingerprint density at radius 2 is 1.84 bits per heavy atom. The molecule has 0 aliphatic carbocycles. The Morgan fingerprint density at radius 1 is 1.12 bits per heavy atom. The van der Waals surface area contributed by atoms with Gasteiger partial charge in [-0.05, 0) is 29.7 Å². The third kappa shape index (κ3) is 3.57. The molecule has 1 amide bonds. The number of fused-ring (bicyclic) bond motifs is 1. The lowest BCUT2D eigenvalue weighted by atomic mass is 10.0. The number of rotatable bonds is 4. The van der Waals surface area contributed by atoms with Crippen molar-refractivity contribution >= 4 is 42.4 Å². The molecule has 130 valence electrons. The van der Waals surface area contributed by atoms with Crippen molar-refractivity contribution in [2.75, 3.05) is 11.6 Å². The van der Waals surface area contributed by atoms with Crippen LogP contribution in [0, 0.1) is 0 Å². The van der Waals surface area contributed by atoms with Gasteiger partial charge in [-0.1, -0.05) is 49.4 Å². The zero-order valence-corrected chi connectivity index (χ0v) is 15.7. The van der Waals surface area contributed by atoms with Gasteiger partial charge in [0.2, 0.25) is 0 Å². The number of hydrogen-bond donors (Lipinski definition) is 1. The largest absolute Gasteiger partial charge is 0.298 e. The van der Waals surface area contributed by atoms with Gasteiger partial charge in [0.05, 0.1) is 20.7 Å². The van der Waals surface area contributed by atoms with Crippen LogP contribution in [0.5, 0.6) is 0 Å². The number of aromatic nitrogens is 1. The number of nitrogens with one attached hydrogen (secondary N) is 1. The molecule has 7 heteroatoms. The van der Waals surface area contributed by atoms with Crippen LogP contribution >= 0.6 is 11.3 Å². The Morgan fingerprint density at radius 3 is 2.52 bits per heavy atom. The number of amides is 1. The normalized spacial score (nSPS) is 11.8. The molecular formula is C18H18N2O3S2. The zero-order valence-electron chi connectivity index (χ0n) is 14.1. The number of carbonyl (C=O) groups excluding carboxylic acids is 1. The highest BCUT2D eigenvalue weighted by Gasteiger charge is 2.19. The summed E-state index contributed by atoms with van der Waals surface area (Å²) in [5, 5.41) is 3.19. The standard InChI is InChI=1S/C18H18N2O3S2/c1-11(2)12-8-6-9-14-16(12)19-18(24-14)20-17(21)13-7-4-5-10-15(13)25(3,22)23/h4-11H,1-3H3,(H,19,20,21). The fourth-order valence-corrected chi connectivity index (χ4v) is 4.41. The minimum absolute atomic E-state index is 0.0106. The Balaban J connectivity index is 1.98. The van der Waals surface area contributed by atoms with Crippen LogP contribution in [0.25, 0.3) is 10.2 Å². The molecule has 0 bridgehead atoms. The van der Waals surface area contributed by atoms with E-state index in [2.05, 4.69) is 24.1 Å². The second kappa shape index (κ2) is 6.57. The van der Waals surface area contributed by atoms with Crippen molar-refractivity contribution in [1.29, 1.82) is 0 Å². The van der Waals surface area contributed by atoms with Crippen molar-refractivity contribution in [3.05, 3.63) is 53.6 Å². The van der Waals surface area contributed by atoms with Crippen molar-refractivity contribution in [3.63, 3.8) is 0 Å². The number of carbonyl (C=O) groups is 1. The number of para-hydroxylation sites is 1. The summed E-state index contributed by atoms with van der Waals surface area (Å²) in [4.78, 5) is 17.1. The van der Waals surface area contributed by atoms with Crippen LogP contribution in [0.2, 0.25) is 0 Å². The van der Waals surface area contributed by atoms with Crippen LogP contribution in [0.4, 0.5) is 5.13 Å². The quantitative estimate of drug-likeness (QED) is 0.747. The van der Waals surface area contributed by atoms with Crippen molar-refractivity contribution in [2.45, 2.75) is 24.7 Å². The lowest BCUT2D eigenvalue weighted by molar-refractivity contribution is 0.102. The zero-order chi connectivity index (χ0) is 18.2. The number of sulfone groups is 1. The molecule has 0 aliphatic heterocycles. The summed E-state index contributed by atoms with van der Waals surface area (Å²) >= 11 is 1.37. The van der Waals surface area contributed by atoms with Gasteiger partial charge >= 0.3 is 0 Å². The highest BCUT2D eigenvalue weighted by atomic mass is 32.2. The van der Waals surface area contributed by atoms with E-state index in [1.807, 2.05) is 18.2 Å². The summed E-state index contributed by atoms with van der Waals surface area (Å²) in [6.07, 6.45) is 1.09. The molecule has 0 spiro atoms. The van der Waals surface area contributed by atoms with Crippen LogP contribution in [0.3, 0.4) is 0 Å². The number of benzene rings is 2. The maximum absolute atomic E-state index is 12.6. The maximum atomic E-state index is 12.6. The molecule has 2 aromatic carbocycles. The van der Waals surface area contributed by atoms with E-state index in [4.69, 9.17) is 0 Å². The summed E-state index contributed by atoms with van der Waals surface area (Å²) in [5.41, 5.74) is 2.10. The topological polar surface area (TPSA) is 76.1 Å². The average Bonchev–Trinajstić information content (AvgIpc) is 2.95. The van der Waals surface area contributed by atoms with Crippen LogP contribution in [0.15, 0.2) is 47.4 Å². The number of anilines is 1. The number of hydrogen-bond acceptors (Lipinski definition) is 5. The molecule has 0 aliphatic rings. The monoisotopic (exact) mass is 374 g/mol. The molecule has 0 saturated heterocycles. The van der Waals surface area contributed by atoms with Crippen LogP contribution < -0.4 is 5.32 Å².